The van der Waals surface area contributed by atoms with E-state index >= 15 is 0 Å². The SMILES string of the molecule is COc1ccc2c(C)c(C(=O)N3C[C@@H](c4ccccc4)O[C@@H](C4CC4)C3)oc2c1OC. The summed E-state index contributed by atoms with van der Waals surface area (Å²) >= 11 is 0. The van der Waals surface area contributed by atoms with Crippen LogP contribution in [0.2, 0.25) is 0 Å². The van der Waals surface area contributed by atoms with Gasteiger partial charge in [0.2, 0.25) is 5.75 Å². The van der Waals surface area contributed by atoms with E-state index in [2.05, 4.69) is 12.1 Å². The third-order valence-electron chi connectivity index (χ3n) is 6.37. The van der Waals surface area contributed by atoms with Gasteiger partial charge >= 0.3 is 0 Å². The maximum Gasteiger partial charge on any atom is 0.290 e. The molecule has 1 amide bonds. The fourth-order valence-electron chi connectivity index (χ4n) is 4.48. The van der Waals surface area contributed by atoms with Crippen LogP contribution < -0.4 is 9.47 Å². The van der Waals surface area contributed by atoms with E-state index < -0.39 is 0 Å². The molecule has 2 fully saturated rings. The summed E-state index contributed by atoms with van der Waals surface area (Å²) < 4.78 is 23.4. The predicted molar refractivity (Wildman–Crippen MR) is 117 cm³/mol. The molecule has 0 radical (unpaired) electrons. The van der Waals surface area contributed by atoms with Crippen LogP contribution in [-0.2, 0) is 4.74 Å². The van der Waals surface area contributed by atoms with Crippen molar-refractivity contribution in [2.24, 2.45) is 5.92 Å². The Labute approximate surface area is 181 Å². The van der Waals surface area contributed by atoms with Crippen molar-refractivity contribution in [3.8, 4) is 11.5 Å². The highest BCUT2D eigenvalue weighted by Crippen LogP contribution is 2.42. The Balaban J connectivity index is 1.49. The second kappa shape index (κ2) is 7.93. The Morgan fingerprint density at radius 2 is 1.81 bits per heavy atom. The molecule has 0 bridgehead atoms. The van der Waals surface area contributed by atoms with Gasteiger partial charge in [0.15, 0.2) is 17.1 Å². The van der Waals surface area contributed by atoms with E-state index in [0.29, 0.717) is 41.8 Å². The van der Waals surface area contributed by atoms with Crippen molar-refractivity contribution >= 4 is 16.9 Å². The van der Waals surface area contributed by atoms with Gasteiger partial charge in [0.25, 0.3) is 5.91 Å². The monoisotopic (exact) mass is 421 g/mol. The number of carbonyl (C=O) groups excluding carboxylic acids is 1. The molecule has 1 aromatic heterocycles. The second-order valence-electron chi connectivity index (χ2n) is 8.36. The quantitative estimate of drug-likeness (QED) is 0.595. The Hall–Kier alpha value is -2.99. The molecule has 162 valence electrons. The number of methoxy groups -OCH3 is 2. The number of rotatable bonds is 5. The summed E-state index contributed by atoms with van der Waals surface area (Å²) in [6.45, 7) is 3.01. The Kier molecular flexibility index (Phi) is 5.10. The zero-order valence-corrected chi connectivity index (χ0v) is 18.1. The minimum Gasteiger partial charge on any atom is -0.493 e. The van der Waals surface area contributed by atoms with Gasteiger partial charge in [0.1, 0.15) is 6.10 Å². The summed E-state index contributed by atoms with van der Waals surface area (Å²) in [5.41, 5.74) is 2.44. The van der Waals surface area contributed by atoms with E-state index in [1.54, 1.807) is 14.2 Å². The number of hydrogen-bond acceptors (Lipinski definition) is 5. The van der Waals surface area contributed by atoms with Gasteiger partial charge in [0.05, 0.1) is 26.9 Å². The molecule has 1 saturated heterocycles. The second-order valence-corrected chi connectivity index (χ2v) is 8.36. The number of nitrogens with zero attached hydrogens (tertiary/aromatic N) is 1. The fourth-order valence-corrected chi connectivity index (χ4v) is 4.48. The molecule has 5 rings (SSSR count). The van der Waals surface area contributed by atoms with Gasteiger partial charge in [0, 0.05) is 17.5 Å². The molecule has 2 aliphatic rings. The van der Waals surface area contributed by atoms with Crippen molar-refractivity contribution in [2.45, 2.75) is 32.0 Å². The molecule has 0 spiro atoms. The summed E-state index contributed by atoms with van der Waals surface area (Å²) in [5.74, 6) is 1.85. The maximum absolute atomic E-state index is 13.6. The molecular formula is C25H27NO5. The average Bonchev–Trinajstić information content (AvgIpc) is 3.62. The number of furan rings is 1. The van der Waals surface area contributed by atoms with Gasteiger partial charge in [-0.3, -0.25) is 4.79 Å². The van der Waals surface area contributed by atoms with Gasteiger partial charge in [-0.1, -0.05) is 30.3 Å². The molecule has 1 saturated carbocycles. The maximum atomic E-state index is 13.6. The highest BCUT2D eigenvalue weighted by molar-refractivity contribution is 6.01. The van der Waals surface area contributed by atoms with E-state index in [9.17, 15) is 4.79 Å². The van der Waals surface area contributed by atoms with Crippen LogP contribution in [0.4, 0.5) is 0 Å². The summed E-state index contributed by atoms with van der Waals surface area (Å²) in [7, 11) is 3.16. The molecule has 6 heteroatoms. The lowest BCUT2D eigenvalue weighted by atomic mass is 10.0. The van der Waals surface area contributed by atoms with Crippen LogP contribution in [0.1, 0.15) is 40.6 Å². The van der Waals surface area contributed by atoms with Crippen LogP contribution in [0.15, 0.2) is 46.9 Å². The number of hydrogen-bond donors (Lipinski definition) is 0. The summed E-state index contributed by atoms with van der Waals surface area (Å²) in [4.78, 5) is 15.5. The lowest BCUT2D eigenvalue weighted by molar-refractivity contribution is -0.0868. The highest BCUT2D eigenvalue weighted by Gasteiger charge is 2.41. The largest absolute Gasteiger partial charge is 0.493 e. The van der Waals surface area contributed by atoms with Crippen LogP contribution in [0, 0.1) is 12.8 Å². The summed E-state index contributed by atoms with van der Waals surface area (Å²) in [5, 5.41) is 0.854. The van der Waals surface area contributed by atoms with E-state index in [4.69, 9.17) is 18.6 Å². The van der Waals surface area contributed by atoms with Crippen molar-refractivity contribution in [1.82, 2.24) is 4.90 Å². The van der Waals surface area contributed by atoms with Gasteiger partial charge in [-0.25, -0.2) is 0 Å². The molecule has 0 unspecified atom stereocenters. The van der Waals surface area contributed by atoms with Crippen LogP contribution in [0.3, 0.4) is 0 Å². The molecule has 2 heterocycles. The topological polar surface area (TPSA) is 61.1 Å². The van der Waals surface area contributed by atoms with Crippen LogP contribution >= 0.6 is 0 Å². The third kappa shape index (κ3) is 3.55. The minimum atomic E-state index is -0.135. The van der Waals surface area contributed by atoms with Crippen LogP contribution in [-0.4, -0.2) is 44.2 Å². The number of ether oxygens (including phenoxy) is 3. The molecule has 1 aliphatic carbocycles. The van der Waals surface area contributed by atoms with Crippen molar-refractivity contribution < 1.29 is 23.4 Å². The lowest BCUT2D eigenvalue weighted by Crippen LogP contribution is -2.47. The first-order valence-electron chi connectivity index (χ1n) is 10.7. The average molecular weight is 421 g/mol. The van der Waals surface area contributed by atoms with Crippen molar-refractivity contribution in [3.63, 3.8) is 0 Å². The highest BCUT2D eigenvalue weighted by atomic mass is 16.5. The van der Waals surface area contributed by atoms with Crippen LogP contribution in [0.5, 0.6) is 11.5 Å². The molecule has 6 nitrogen and oxygen atoms in total. The number of benzene rings is 2. The minimum absolute atomic E-state index is 0.0576. The molecule has 1 aliphatic heterocycles. The van der Waals surface area contributed by atoms with Crippen LogP contribution in [0.25, 0.3) is 11.0 Å². The van der Waals surface area contributed by atoms with Crippen molar-refractivity contribution in [3.05, 3.63) is 59.4 Å². The number of amides is 1. The molecule has 2 aromatic carbocycles. The number of fused-ring (bicyclic) bond motifs is 1. The van der Waals surface area contributed by atoms with E-state index in [1.807, 2.05) is 42.2 Å². The molecule has 3 aromatic rings. The number of aryl methyl sites for hydroxylation is 1. The third-order valence-corrected chi connectivity index (χ3v) is 6.37. The Morgan fingerprint density at radius 1 is 1.03 bits per heavy atom. The summed E-state index contributed by atoms with van der Waals surface area (Å²) in [6.07, 6.45) is 2.25. The fraction of sp³-hybridized carbons (Fsp3) is 0.400. The smallest absolute Gasteiger partial charge is 0.290 e. The zero-order valence-electron chi connectivity index (χ0n) is 18.1. The van der Waals surface area contributed by atoms with Gasteiger partial charge < -0.3 is 23.5 Å². The first-order chi connectivity index (χ1) is 15.1. The first kappa shape index (κ1) is 19.9. The summed E-state index contributed by atoms with van der Waals surface area (Å²) in [6, 6.07) is 13.9. The van der Waals surface area contributed by atoms with E-state index in [0.717, 1.165) is 29.4 Å². The lowest BCUT2D eigenvalue weighted by Gasteiger charge is -2.38. The molecular weight excluding hydrogens is 394 g/mol. The molecule has 31 heavy (non-hydrogen) atoms. The zero-order chi connectivity index (χ0) is 21.5. The standard InChI is InChI=1S/C25H27NO5/c1-15-18-11-12-19(28-2)24(29-3)23(18)31-22(15)25(27)26-13-20(16-7-5-4-6-8-16)30-21(14-26)17-9-10-17/h4-8,11-12,17,20-21H,9-10,13-14H2,1-3H3/t20-,21+/m0/s1. The van der Waals surface area contributed by atoms with E-state index in [-0.39, 0.29) is 18.1 Å². The Morgan fingerprint density at radius 3 is 2.48 bits per heavy atom. The van der Waals surface area contributed by atoms with Crippen molar-refractivity contribution in [1.29, 1.82) is 0 Å². The van der Waals surface area contributed by atoms with Gasteiger partial charge in [-0.05, 0) is 43.4 Å². The van der Waals surface area contributed by atoms with Gasteiger partial charge in [-0.2, -0.15) is 0 Å². The van der Waals surface area contributed by atoms with Gasteiger partial charge in [-0.15, -0.1) is 0 Å². The predicted octanol–water partition coefficient (Wildman–Crippen LogP) is 4.75. The normalized spacial score (nSPS) is 21.3. The van der Waals surface area contributed by atoms with Crippen molar-refractivity contribution in [2.75, 3.05) is 27.3 Å². The number of carbonyl (C=O) groups is 1. The number of morpholine rings is 1. The Bertz CT molecular complexity index is 1100. The molecule has 0 N–H and O–H groups in total. The van der Waals surface area contributed by atoms with E-state index in [1.165, 1.54) is 0 Å². The molecule has 2 atom stereocenters. The first-order valence-corrected chi connectivity index (χ1v) is 10.7.